The van der Waals surface area contributed by atoms with Crippen molar-refractivity contribution in [3.8, 4) is 11.5 Å². The maximum atomic E-state index is 13.7. The van der Waals surface area contributed by atoms with Crippen LogP contribution in [0.5, 0.6) is 11.5 Å². The number of nitro groups is 1. The second kappa shape index (κ2) is 6.53. The zero-order valence-electron chi connectivity index (χ0n) is 11.0. The molecule has 0 bridgehead atoms. The van der Waals surface area contributed by atoms with Crippen LogP contribution in [0.3, 0.4) is 0 Å². The zero-order valence-corrected chi connectivity index (χ0v) is 12.6. The van der Waals surface area contributed by atoms with Crippen LogP contribution in [0.4, 0.5) is 10.1 Å². The fraction of sp³-hybridized carbons (Fsp3) is 0.143. The number of halogens is 2. The molecule has 0 aliphatic carbocycles. The zero-order chi connectivity index (χ0) is 15.4. The van der Waals surface area contributed by atoms with Crippen LogP contribution in [0.2, 0.25) is 0 Å². The minimum atomic E-state index is -0.775. The highest BCUT2D eigenvalue weighted by atomic mass is 79.9. The molecule has 0 N–H and O–H groups in total. The minimum absolute atomic E-state index is 0.0282. The Morgan fingerprint density at radius 2 is 2.10 bits per heavy atom. The van der Waals surface area contributed by atoms with E-state index < -0.39 is 16.4 Å². The van der Waals surface area contributed by atoms with Crippen molar-refractivity contribution in [3.05, 3.63) is 62.4 Å². The normalized spacial score (nSPS) is 10.2. The van der Waals surface area contributed by atoms with Gasteiger partial charge in [-0.05, 0) is 24.3 Å². The van der Waals surface area contributed by atoms with Gasteiger partial charge in [-0.15, -0.1) is 0 Å². The monoisotopic (exact) mass is 355 g/mol. The van der Waals surface area contributed by atoms with Gasteiger partial charge in [-0.3, -0.25) is 10.1 Å². The first kappa shape index (κ1) is 15.2. The van der Waals surface area contributed by atoms with E-state index in [1.54, 1.807) is 18.2 Å². The highest BCUT2D eigenvalue weighted by Crippen LogP contribution is 2.31. The second-order valence-corrected chi connectivity index (χ2v) is 4.95. The third-order valence-electron chi connectivity index (χ3n) is 2.77. The largest absolute Gasteiger partial charge is 0.497 e. The van der Waals surface area contributed by atoms with Crippen molar-refractivity contribution in [2.24, 2.45) is 0 Å². The number of hydrogen-bond donors (Lipinski definition) is 0. The lowest BCUT2D eigenvalue weighted by molar-refractivity contribution is -0.386. The first-order chi connectivity index (χ1) is 10.0. The molecule has 0 aliphatic rings. The lowest BCUT2D eigenvalue weighted by Gasteiger charge is -2.10. The van der Waals surface area contributed by atoms with Gasteiger partial charge in [0.25, 0.3) is 0 Å². The number of rotatable bonds is 5. The minimum Gasteiger partial charge on any atom is -0.497 e. The van der Waals surface area contributed by atoms with E-state index in [9.17, 15) is 14.5 Å². The van der Waals surface area contributed by atoms with E-state index in [0.29, 0.717) is 11.3 Å². The molecule has 0 atom stereocenters. The smallest absolute Gasteiger partial charge is 0.314 e. The molecule has 21 heavy (non-hydrogen) atoms. The Labute approximate surface area is 128 Å². The number of methoxy groups -OCH3 is 1. The summed E-state index contributed by atoms with van der Waals surface area (Å²) in [4.78, 5) is 10.2. The van der Waals surface area contributed by atoms with Gasteiger partial charge in [-0.25, -0.2) is 4.39 Å². The van der Waals surface area contributed by atoms with Crippen molar-refractivity contribution in [2.45, 2.75) is 6.61 Å². The molecule has 0 aromatic heterocycles. The van der Waals surface area contributed by atoms with E-state index in [4.69, 9.17) is 9.47 Å². The van der Waals surface area contributed by atoms with E-state index in [2.05, 4.69) is 15.9 Å². The molecule has 0 amide bonds. The predicted molar refractivity (Wildman–Crippen MR) is 78.1 cm³/mol. The second-order valence-electron chi connectivity index (χ2n) is 4.09. The van der Waals surface area contributed by atoms with Gasteiger partial charge < -0.3 is 9.47 Å². The van der Waals surface area contributed by atoms with Gasteiger partial charge in [0.05, 0.1) is 12.0 Å². The average molecular weight is 356 g/mol. The van der Waals surface area contributed by atoms with Crippen LogP contribution in [0.1, 0.15) is 5.56 Å². The highest BCUT2D eigenvalue weighted by Gasteiger charge is 2.19. The molecule has 0 aliphatic heterocycles. The van der Waals surface area contributed by atoms with E-state index in [1.165, 1.54) is 19.2 Å². The summed E-state index contributed by atoms with van der Waals surface area (Å²) < 4.78 is 24.8. The van der Waals surface area contributed by atoms with Crippen molar-refractivity contribution in [2.75, 3.05) is 7.11 Å². The van der Waals surface area contributed by atoms with Crippen LogP contribution in [-0.2, 0) is 6.61 Å². The Bertz CT molecular complexity index is 678. The predicted octanol–water partition coefficient (Wildman–Crippen LogP) is 4.08. The summed E-state index contributed by atoms with van der Waals surface area (Å²) in [5, 5.41) is 10.9. The topological polar surface area (TPSA) is 61.6 Å². The van der Waals surface area contributed by atoms with Crippen LogP contribution >= 0.6 is 15.9 Å². The summed E-state index contributed by atoms with van der Waals surface area (Å²) in [7, 11) is 1.52. The van der Waals surface area contributed by atoms with Crippen LogP contribution in [0.15, 0.2) is 40.9 Å². The SMILES string of the molecule is COc1ccc(Br)c(COc2c(F)cccc2[N+](=O)[O-])c1. The Hall–Kier alpha value is -2.15. The quantitative estimate of drug-likeness (QED) is 0.598. The van der Waals surface area contributed by atoms with E-state index in [1.807, 2.05) is 0 Å². The molecule has 0 saturated carbocycles. The third kappa shape index (κ3) is 3.49. The van der Waals surface area contributed by atoms with Gasteiger partial charge in [0.1, 0.15) is 12.4 Å². The Kier molecular flexibility index (Phi) is 4.74. The van der Waals surface area contributed by atoms with Gasteiger partial charge in [-0.2, -0.15) is 0 Å². The summed E-state index contributed by atoms with van der Waals surface area (Å²) in [6, 6.07) is 8.78. The molecule has 0 spiro atoms. The summed E-state index contributed by atoms with van der Waals surface area (Å²) in [5.41, 5.74) is 0.279. The van der Waals surface area contributed by atoms with Crippen LogP contribution in [-0.4, -0.2) is 12.0 Å². The molecule has 5 nitrogen and oxygen atoms in total. The molecular weight excluding hydrogens is 345 g/mol. The first-order valence-electron chi connectivity index (χ1n) is 5.91. The lowest BCUT2D eigenvalue weighted by atomic mass is 10.2. The number of hydrogen-bond acceptors (Lipinski definition) is 4. The molecule has 7 heteroatoms. The molecule has 0 radical (unpaired) electrons. The van der Waals surface area contributed by atoms with E-state index in [-0.39, 0.29) is 12.4 Å². The Morgan fingerprint density at radius 1 is 1.33 bits per heavy atom. The number of para-hydroxylation sites is 1. The molecule has 0 unspecified atom stereocenters. The van der Waals surface area contributed by atoms with Gasteiger partial charge in [0.2, 0.25) is 5.75 Å². The van der Waals surface area contributed by atoms with Crippen LogP contribution < -0.4 is 9.47 Å². The standard InChI is InChI=1S/C14H11BrFNO4/c1-20-10-5-6-11(15)9(7-10)8-21-14-12(16)3-2-4-13(14)17(18)19/h2-7H,8H2,1H3. The number of ether oxygens (including phenoxy) is 2. The van der Waals surface area contributed by atoms with Crippen LogP contribution in [0, 0.1) is 15.9 Å². The summed E-state index contributed by atoms with van der Waals surface area (Å²) in [6.45, 7) is -0.0282. The molecule has 0 saturated heterocycles. The summed E-state index contributed by atoms with van der Waals surface area (Å²) in [5.74, 6) is -0.541. The molecule has 110 valence electrons. The average Bonchev–Trinajstić information content (AvgIpc) is 2.47. The molecule has 2 aromatic rings. The molecule has 0 heterocycles. The van der Waals surface area contributed by atoms with Crippen molar-refractivity contribution >= 4 is 21.6 Å². The fourth-order valence-electron chi connectivity index (χ4n) is 1.72. The molecule has 0 fully saturated rings. The highest BCUT2D eigenvalue weighted by molar-refractivity contribution is 9.10. The van der Waals surface area contributed by atoms with Gasteiger partial charge in [0.15, 0.2) is 5.82 Å². The Balaban J connectivity index is 2.26. The lowest BCUT2D eigenvalue weighted by Crippen LogP contribution is -2.02. The molecular formula is C14H11BrFNO4. The summed E-state index contributed by atoms with van der Waals surface area (Å²) >= 11 is 3.34. The number of benzene rings is 2. The van der Waals surface area contributed by atoms with Crippen molar-refractivity contribution in [1.82, 2.24) is 0 Å². The third-order valence-corrected chi connectivity index (χ3v) is 3.54. The fourth-order valence-corrected chi connectivity index (χ4v) is 2.08. The van der Waals surface area contributed by atoms with E-state index in [0.717, 1.165) is 10.5 Å². The Morgan fingerprint density at radius 3 is 2.76 bits per heavy atom. The number of nitro benzene ring substituents is 1. The maximum Gasteiger partial charge on any atom is 0.314 e. The molecule has 2 aromatic carbocycles. The van der Waals surface area contributed by atoms with Crippen LogP contribution in [0.25, 0.3) is 0 Å². The van der Waals surface area contributed by atoms with Gasteiger partial charge >= 0.3 is 5.69 Å². The van der Waals surface area contributed by atoms with Crippen molar-refractivity contribution in [3.63, 3.8) is 0 Å². The summed E-state index contributed by atoms with van der Waals surface area (Å²) in [6.07, 6.45) is 0. The first-order valence-corrected chi connectivity index (χ1v) is 6.70. The van der Waals surface area contributed by atoms with Crippen molar-refractivity contribution < 1.29 is 18.8 Å². The number of nitrogens with zero attached hydrogens (tertiary/aromatic N) is 1. The van der Waals surface area contributed by atoms with Crippen molar-refractivity contribution in [1.29, 1.82) is 0 Å². The van der Waals surface area contributed by atoms with E-state index >= 15 is 0 Å². The molecule has 2 rings (SSSR count). The maximum absolute atomic E-state index is 13.7. The van der Waals surface area contributed by atoms with Gasteiger partial charge in [0, 0.05) is 16.1 Å². The van der Waals surface area contributed by atoms with Gasteiger partial charge in [-0.1, -0.05) is 22.0 Å².